The Morgan fingerprint density at radius 3 is 2.43 bits per heavy atom. The molecule has 0 unspecified atom stereocenters. The van der Waals surface area contributed by atoms with Crippen molar-refractivity contribution < 1.29 is 0 Å². The van der Waals surface area contributed by atoms with Gasteiger partial charge in [-0.05, 0) is 93.9 Å². The fourth-order valence-electron chi connectivity index (χ4n) is 5.70. The van der Waals surface area contributed by atoms with Crippen LogP contribution in [0.3, 0.4) is 0 Å². The summed E-state index contributed by atoms with van der Waals surface area (Å²) >= 11 is 0. The number of hydrogen-bond donors (Lipinski definition) is 0. The van der Waals surface area contributed by atoms with Crippen LogP contribution in [0.2, 0.25) is 0 Å². The number of unbranched alkanes of at least 4 members (excludes halogenated alkanes) is 1. The van der Waals surface area contributed by atoms with Crippen LogP contribution >= 0.6 is 0 Å². The Morgan fingerprint density at radius 2 is 1.66 bits per heavy atom. The van der Waals surface area contributed by atoms with Crippen LogP contribution in [0.1, 0.15) is 44.7 Å². The standard InChI is InChI=1S/C34H35N/c1-5-7-19-35-22-25(4)33(24(3)12-6-2)34-30-16-11-10-15-28(30)21-31(32(34)23-35)29-18-17-26-13-8-9-14-27(26)20-29/h6,8-18,20-21H,2,5,7,19,22-23H2,1,3-4H3/b24-12+. The summed E-state index contributed by atoms with van der Waals surface area (Å²) in [6.45, 7) is 13.9. The molecule has 0 saturated heterocycles. The summed E-state index contributed by atoms with van der Waals surface area (Å²) in [5, 5.41) is 5.22. The van der Waals surface area contributed by atoms with Gasteiger partial charge in [0.05, 0.1) is 0 Å². The average molecular weight is 458 g/mol. The Morgan fingerprint density at radius 1 is 0.914 bits per heavy atom. The second kappa shape index (κ2) is 10.1. The highest BCUT2D eigenvalue weighted by Crippen LogP contribution is 2.43. The van der Waals surface area contributed by atoms with E-state index in [0.29, 0.717) is 0 Å². The lowest BCUT2D eigenvalue weighted by molar-refractivity contribution is 0.285. The first-order valence-corrected chi connectivity index (χ1v) is 12.9. The number of rotatable bonds is 6. The molecule has 0 bridgehead atoms. The zero-order valence-electron chi connectivity index (χ0n) is 21.3. The van der Waals surface area contributed by atoms with E-state index in [1.165, 1.54) is 73.4 Å². The number of hydrogen-bond acceptors (Lipinski definition) is 1. The minimum atomic E-state index is 0.963. The number of nitrogens with zero attached hydrogens (tertiary/aromatic N) is 1. The Balaban J connectivity index is 1.84. The third-order valence-corrected chi connectivity index (χ3v) is 7.33. The highest BCUT2D eigenvalue weighted by molar-refractivity contribution is 6.04. The molecule has 0 saturated carbocycles. The Labute approximate surface area is 210 Å². The highest BCUT2D eigenvalue weighted by Gasteiger charge is 2.25. The van der Waals surface area contributed by atoms with Crippen LogP contribution in [0.25, 0.3) is 38.2 Å². The van der Waals surface area contributed by atoms with Gasteiger partial charge in [0.2, 0.25) is 0 Å². The average Bonchev–Trinajstić information content (AvgIpc) is 3.02. The molecule has 0 spiro atoms. The third-order valence-electron chi connectivity index (χ3n) is 7.33. The van der Waals surface area contributed by atoms with Crippen LogP contribution in [0, 0.1) is 0 Å². The topological polar surface area (TPSA) is 3.24 Å². The largest absolute Gasteiger partial charge is 0.295 e. The summed E-state index contributed by atoms with van der Waals surface area (Å²) in [5.41, 5.74) is 9.61. The van der Waals surface area contributed by atoms with Crippen LogP contribution in [0.5, 0.6) is 0 Å². The molecule has 35 heavy (non-hydrogen) atoms. The second-order valence-corrected chi connectivity index (χ2v) is 9.87. The van der Waals surface area contributed by atoms with E-state index in [1.54, 1.807) is 0 Å². The van der Waals surface area contributed by atoms with Gasteiger partial charge in [0.25, 0.3) is 0 Å². The molecule has 1 heterocycles. The maximum Gasteiger partial charge on any atom is 0.0249 e. The van der Waals surface area contributed by atoms with Gasteiger partial charge in [-0.25, -0.2) is 0 Å². The molecule has 0 atom stereocenters. The maximum absolute atomic E-state index is 4.00. The second-order valence-electron chi connectivity index (χ2n) is 9.87. The Hall–Kier alpha value is -3.42. The Kier molecular flexibility index (Phi) is 6.70. The van der Waals surface area contributed by atoms with Crippen molar-refractivity contribution in [2.45, 2.75) is 40.2 Å². The fraction of sp³-hybridized carbons (Fsp3) is 0.235. The van der Waals surface area contributed by atoms with Gasteiger partial charge in [-0.3, -0.25) is 4.90 Å². The zero-order valence-corrected chi connectivity index (χ0v) is 21.3. The summed E-state index contributed by atoms with van der Waals surface area (Å²) in [4.78, 5) is 2.64. The smallest absolute Gasteiger partial charge is 0.0249 e. The van der Waals surface area contributed by atoms with Crippen molar-refractivity contribution in [3.8, 4) is 11.1 Å². The lowest BCUT2D eigenvalue weighted by Crippen LogP contribution is -2.25. The van der Waals surface area contributed by atoms with Crippen molar-refractivity contribution in [2.24, 2.45) is 0 Å². The lowest BCUT2D eigenvalue weighted by atomic mass is 9.83. The molecule has 0 radical (unpaired) electrons. The molecule has 0 aliphatic carbocycles. The van der Waals surface area contributed by atoms with Crippen LogP contribution < -0.4 is 0 Å². The quantitative estimate of drug-likeness (QED) is 0.261. The van der Waals surface area contributed by atoms with Gasteiger partial charge < -0.3 is 0 Å². The van der Waals surface area contributed by atoms with Gasteiger partial charge in [-0.1, -0.05) is 98.3 Å². The molecule has 1 nitrogen and oxygen atoms in total. The van der Waals surface area contributed by atoms with Crippen LogP contribution in [-0.2, 0) is 6.54 Å². The first-order valence-electron chi connectivity index (χ1n) is 12.9. The predicted octanol–water partition coefficient (Wildman–Crippen LogP) is 9.18. The normalized spacial score (nSPS) is 14.9. The molecule has 1 aliphatic heterocycles. The van der Waals surface area contributed by atoms with Crippen LogP contribution in [-0.4, -0.2) is 18.0 Å². The molecule has 0 amide bonds. The molecule has 4 aromatic rings. The molecule has 1 aliphatic rings. The molecule has 0 N–H and O–H groups in total. The Bertz CT molecular complexity index is 1470. The summed E-state index contributed by atoms with van der Waals surface area (Å²) in [6, 6.07) is 26.9. The van der Waals surface area contributed by atoms with Gasteiger partial charge in [-0.2, -0.15) is 0 Å². The molecule has 0 fully saturated rings. The van der Waals surface area contributed by atoms with E-state index >= 15 is 0 Å². The summed E-state index contributed by atoms with van der Waals surface area (Å²) in [6.07, 6.45) is 6.52. The van der Waals surface area contributed by atoms with Gasteiger partial charge in [0.15, 0.2) is 0 Å². The molecule has 5 rings (SSSR count). The van der Waals surface area contributed by atoms with Crippen molar-refractivity contribution >= 4 is 27.1 Å². The summed E-state index contributed by atoms with van der Waals surface area (Å²) < 4.78 is 0. The minimum absolute atomic E-state index is 0.963. The lowest BCUT2D eigenvalue weighted by Gasteiger charge is -2.23. The molecular weight excluding hydrogens is 422 g/mol. The van der Waals surface area contributed by atoms with Crippen molar-refractivity contribution in [1.29, 1.82) is 0 Å². The predicted molar refractivity (Wildman–Crippen MR) is 154 cm³/mol. The van der Waals surface area contributed by atoms with E-state index in [4.69, 9.17) is 0 Å². The van der Waals surface area contributed by atoms with Crippen LogP contribution in [0.15, 0.2) is 103 Å². The monoisotopic (exact) mass is 457 g/mol. The van der Waals surface area contributed by atoms with Gasteiger partial charge >= 0.3 is 0 Å². The van der Waals surface area contributed by atoms with Crippen LogP contribution in [0.4, 0.5) is 0 Å². The number of benzene rings is 4. The third kappa shape index (κ3) is 4.49. The minimum Gasteiger partial charge on any atom is -0.295 e. The number of fused-ring (bicyclic) bond motifs is 4. The van der Waals surface area contributed by atoms with Gasteiger partial charge in [0, 0.05) is 13.1 Å². The zero-order chi connectivity index (χ0) is 24.4. The summed E-state index contributed by atoms with van der Waals surface area (Å²) in [5.74, 6) is 0. The molecule has 1 heteroatoms. The van der Waals surface area contributed by atoms with E-state index in [9.17, 15) is 0 Å². The van der Waals surface area contributed by atoms with E-state index in [0.717, 1.165) is 19.6 Å². The fourth-order valence-corrected chi connectivity index (χ4v) is 5.70. The maximum atomic E-state index is 4.00. The molecule has 0 aromatic heterocycles. The van der Waals surface area contributed by atoms with E-state index in [2.05, 4.69) is 111 Å². The van der Waals surface area contributed by atoms with Crippen molar-refractivity contribution in [3.05, 3.63) is 114 Å². The molecular formula is C34H35N. The first-order chi connectivity index (χ1) is 17.1. The van der Waals surface area contributed by atoms with Crippen molar-refractivity contribution in [2.75, 3.05) is 13.1 Å². The van der Waals surface area contributed by atoms with Crippen molar-refractivity contribution in [1.82, 2.24) is 4.90 Å². The van der Waals surface area contributed by atoms with Crippen molar-refractivity contribution in [3.63, 3.8) is 0 Å². The SMILES string of the molecule is C=C/C=C(\C)C1=C(C)CN(CCCC)Cc2c(-c3ccc4ccccc4c3)cc3ccccc3c21. The molecule has 4 aromatic carbocycles. The highest BCUT2D eigenvalue weighted by atomic mass is 15.1. The first kappa shape index (κ1) is 23.3. The van der Waals surface area contributed by atoms with E-state index < -0.39 is 0 Å². The van der Waals surface area contributed by atoms with E-state index in [1.807, 2.05) is 6.08 Å². The summed E-state index contributed by atoms with van der Waals surface area (Å²) in [7, 11) is 0. The number of allylic oxidation sites excluding steroid dienone is 4. The van der Waals surface area contributed by atoms with E-state index in [-0.39, 0.29) is 0 Å². The van der Waals surface area contributed by atoms with Gasteiger partial charge in [-0.15, -0.1) is 0 Å². The molecule has 176 valence electrons. The van der Waals surface area contributed by atoms with Gasteiger partial charge in [0.1, 0.15) is 0 Å².